The molecule has 0 amide bonds. The Morgan fingerprint density at radius 1 is 1.28 bits per heavy atom. The molecule has 3 aromatic rings. The Labute approximate surface area is 104 Å². The predicted molar refractivity (Wildman–Crippen MR) is 70.0 cm³/mol. The zero-order chi connectivity index (χ0) is 12.1. The van der Waals surface area contributed by atoms with Crippen molar-refractivity contribution in [3.05, 3.63) is 24.8 Å². The monoisotopic (exact) mass is 242 g/mol. The molecule has 1 fully saturated rings. The zero-order valence-electron chi connectivity index (χ0n) is 10.2. The van der Waals surface area contributed by atoms with Crippen LogP contribution < -0.4 is 5.01 Å². The van der Waals surface area contributed by atoms with E-state index in [1.165, 1.54) is 0 Å². The van der Waals surface area contributed by atoms with Crippen molar-refractivity contribution in [2.45, 2.75) is 0 Å². The van der Waals surface area contributed by atoms with Gasteiger partial charge in [-0.25, -0.2) is 14.6 Å². The van der Waals surface area contributed by atoms with Crippen LogP contribution in [0.1, 0.15) is 0 Å². The van der Waals surface area contributed by atoms with Gasteiger partial charge in [0.05, 0.1) is 12.9 Å². The van der Waals surface area contributed by atoms with Crippen molar-refractivity contribution in [2.75, 3.05) is 31.8 Å². The van der Waals surface area contributed by atoms with E-state index in [2.05, 4.69) is 42.7 Å². The molecule has 1 aliphatic rings. The predicted octanol–water partition coefficient (Wildman–Crippen LogP) is 0.753. The number of imidazole rings is 1. The minimum Gasteiger partial charge on any atom is -0.346 e. The van der Waals surface area contributed by atoms with E-state index in [4.69, 9.17) is 0 Å². The number of aromatic nitrogens is 4. The normalized spacial score (nSPS) is 17.3. The minimum atomic E-state index is 0.914. The summed E-state index contributed by atoms with van der Waals surface area (Å²) in [4.78, 5) is 14.2. The standard InChI is InChI=1S/C12H14N6/c1-16-4-5-17(8-16)18-7-15-10-6-14-12-9(11(10)18)2-3-13-12/h2-3,6-7H,4-5,8H2,1H3,(H,13,14). The SMILES string of the molecule is CN1CCN(n2cnc3cnc4[nH]ccc4c32)C1. The number of likely N-dealkylation sites (N-methyl/N-ethyl adjacent to an activating group) is 1. The average molecular weight is 242 g/mol. The second-order valence-corrected chi connectivity index (χ2v) is 4.77. The molecule has 0 spiro atoms. The van der Waals surface area contributed by atoms with Gasteiger partial charge in [-0.3, -0.25) is 9.91 Å². The Hall–Kier alpha value is -2.08. The van der Waals surface area contributed by atoms with Gasteiger partial charge in [0, 0.05) is 24.7 Å². The number of fused-ring (bicyclic) bond motifs is 3. The Bertz CT molecular complexity index is 712. The Balaban J connectivity index is 1.97. The van der Waals surface area contributed by atoms with Gasteiger partial charge in [-0.05, 0) is 13.1 Å². The molecule has 4 rings (SSSR count). The van der Waals surface area contributed by atoms with E-state index in [1.54, 1.807) is 0 Å². The third-order valence-electron chi connectivity index (χ3n) is 3.52. The van der Waals surface area contributed by atoms with E-state index in [1.807, 2.05) is 18.7 Å². The van der Waals surface area contributed by atoms with Crippen molar-refractivity contribution in [2.24, 2.45) is 0 Å². The molecule has 1 aliphatic heterocycles. The Morgan fingerprint density at radius 3 is 3.06 bits per heavy atom. The molecule has 92 valence electrons. The highest BCUT2D eigenvalue weighted by molar-refractivity contribution is 6.01. The molecule has 0 aliphatic carbocycles. The number of hydrogen-bond donors (Lipinski definition) is 1. The third kappa shape index (κ3) is 1.26. The molecule has 0 atom stereocenters. The fourth-order valence-electron chi connectivity index (χ4n) is 2.59. The summed E-state index contributed by atoms with van der Waals surface area (Å²) >= 11 is 0. The summed E-state index contributed by atoms with van der Waals surface area (Å²) in [7, 11) is 2.13. The van der Waals surface area contributed by atoms with Gasteiger partial charge in [-0.15, -0.1) is 0 Å². The molecule has 4 heterocycles. The summed E-state index contributed by atoms with van der Waals surface area (Å²) in [6, 6.07) is 2.06. The van der Waals surface area contributed by atoms with E-state index < -0.39 is 0 Å². The molecule has 3 aromatic heterocycles. The maximum atomic E-state index is 4.44. The largest absolute Gasteiger partial charge is 0.346 e. The van der Waals surface area contributed by atoms with E-state index in [9.17, 15) is 0 Å². The first-order valence-electron chi connectivity index (χ1n) is 6.06. The van der Waals surface area contributed by atoms with Crippen LogP contribution in [0.2, 0.25) is 0 Å². The smallest absolute Gasteiger partial charge is 0.139 e. The number of rotatable bonds is 1. The van der Waals surface area contributed by atoms with Gasteiger partial charge in [-0.2, -0.15) is 0 Å². The molecule has 0 aromatic carbocycles. The molecule has 0 saturated carbocycles. The number of nitrogens with one attached hydrogen (secondary N) is 1. The zero-order valence-corrected chi connectivity index (χ0v) is 10.2. The maximum Gasteiger partial charge on any atom is 0.139 e. The summed E-state index contributed by atoms with van der Waals surface area (Å²) in [5, 5.41) is 3.42. The van der Waals surface area contributed by atoms with Crippen molar-refractivity contribution in [1.82, 2.24) is 24.5 Å². The van der Waals surface area contributed by atoms with Crippen molar-refractivity contribution >= 4 is 22.1 Å². The van der Waals surface area contributed by atoms with Gasteiger partial charge in [0.25, 0.3) is 0 Å². The van der Waals surface area contributed by atoms with Gasteiger partial charge in [0.15, 0.2) is 0 Å². The highest BCUT2D eigenvalue weighted by atomic mass is 15.6. The van der Waals surface area contributed by atoms with Crippen LogP contribution in [0.15, 0.2) is 24.8 Å². The topological polar surface area (TPSA) is 53.0 Å². The maximum absolute atomic E-state index is 4.44. The highest BCUT2D eigenvalue weighted by Crippen LogP contribution is 2.22. The van der Waals surface area contributed by atoms with E-state index >= 15 is 0 Å². The number of nitrogens with zero attached hydrogens (tertiary/aromatic N) is 5. The fraction of sp³-hybridized carbons (Fsp3) is 0.333. The lowest BCUT2D eigenvalue weighted by molar-refractivity contribution is 0.409. The van der Waals surface area contributed by atoms with Crippen molar-refractivity contribution in [3.63, 3.8) is 0 Å². The summed E-state index contributed by atoms with van der Waals surface area (Å²) in [6.45, 7) is 3.04. The molecule has 1 N–H and O–H groups in total. The fourth-order valence-corrected chi connectivity index (χ4v) is 2.59. The highest BCUT2D eigenvalue weighted by Gasteiger charge is 2.19. The summed E-state index contributed by atoms with van der Waals surface area (Å²) in [5.41, 5.74) is 2.99. The lowest BCUT2D eigenvalue weighted by atomic mass is 10.3. The van der Waals surface area contributed by atoms with Crippen LogP contribution in [0, 0.1) is 0 Å². The molecule has 6 heteroatoms. The van der Waals surface area contributed by atoms with Gasteiger partial charge < -0.3 is 4.98 Å². The van der Waals surface area contributed by atoms with Crippen molar-refractivity contribution in [3.8, 4) is 0 Å². The van der Waals surface area contributed by atoms with E-state index in [0.717, 1.165) is 41.8 Å². The van der Waals surface area contributed by atoms with E-state index in [0.29, 0.717) is 0 Å². The van der Waals surface area contributed by atoms with Gasteiger partial charge >= 0.3 is 0 Å². The number of H-pyrrole nitrogens is 1. The third-order valence-corrected chi connectivity index (χ3v) is 3.52. The average Bonchev–Trinajstić information content (AvgIpc) is 3.03. The molecule has 1 saturated heterocycles. The van der Waals surface area contributed by atoms with Crippen molar-refractivity contribution in [1.29, 1.82) is 0 Å². The lowest BCUT2D eigenvalue weighted by Gasteiger charge is -2.20. The second kappa shape index (κ2) is 3.46. The van der Waals surface area contributed by atoms with Crippen LogP contribution in [0.3, 0.4) is 0 Å². The van der Waals surface area contributed by atoms with Gasteiger partial charge in [0.1, 0.15) is 23.0 Å². The molecule has 6 nitrogen and oxygen atoms in total. The minimum absolute atomic E-state index is 0.914. The van der Waals surface area contributed by atoms with Crippen LogP contribution in [0.5, 0.6) is 0 Å². The Morgan fingerprint density at radius 2 is 2.22 bits per heavy atom. The first-order valence-corrected chi connectivity index (χ1v) is 6.06. The number of pyridine rings is 1. The summed E-state index contributed by atoms with van der Waals surface area (Å²) in [5.74, 6) is 0. The van der Waals surface area contributed by atoms with Crippen LogP contribution in [-0.2, 0) is 0 Å². The quantitative estimate of drug-likeness (QED) is 0.684. The molecule has 18 heavy (non-hydrogen) atoms. The molecule has 0 bridgehead atoms. The Kier molecular flexibility index (Phi) is 1.90. The molecular weight excluding hydrogens is 228 g/mol. The van der Waals surface area contributed by atoms with Crippen LogP contribution in [0.4, 0.5) is 0 Å². The van der Waals surface area contributed by atoms with Crippen LogP contribution in [-0.4, -0.2) is 51.3 Å². The van der Waals surface area contributed by atoms with Gasteiger partial charge in [-0.1, -0.05) is 0 Å². The van der Waals surface area contributed by atoms with Crippen molar-refractivity contribution < 1.29 is 0 Å². The molecule has 0 radical (unpaired) electrons. The van der Waals surface area contributed by atoms with E-state index in [-0.39, 0.29) is 0 Å². The van der Waals surface area contributed by atoms with Crippen LogP contribution in [0.25, 0.3) is 22.1 Å². The first-order chi connectivity index (χ1) is 8.83. The molecular formula is C12H14N6. The summed E-state index contributed by atoms with van der Waals surface area (Å²) in [6.07, 6.45) is 5.63. The van der Waals surface area contributed by atoms with Crippen LogP contribution >= 0.6 is 0 Å². The summed E-state index contributed by atoms with van der Waals surface area (Å²) < 4.78 is 2.15. The second-order valence-electron chi connectivity index (χ2n) is 4.77. The first kappa shape index (κ1) is 9.90. The van der Waals surface area contributed by atoms with Gasteiger partial charge in [0.2, 0.25) is 0 Å². The lowest BCUT2D eigenvalue weighted by Crippen LogP contribution is -2.32. The number of hydrogen-bond acceptors (Lipinski definition) is 4. The molecule has 0 unspecified atom stereocenters. The number of aromatic amines is 1.